The lowest BCUT2D eigenvalue weighted by Gasteiger charge is -2.57. The highest BCUT2D eigenvalue weighted by Crippen LogP contribution is 2.69. The Kier molecular flexibility index (Phi) is 4.57. The summed E-state index contributed by atoms with van der Waals surface area (Å²) in [6, 6.07) is 5.02. The van der Waals surface area contributed by atoms with Gasteiger partial charge in [0.2, 0.25) is 0 Å². The predicted molar refractivity (Wildman–Crippen MR) is 114 cm³/mol. The molecule has 4 aliphatic rings. The number of ether oxygens (including phenoxy) is 1. The van der Waals surface area contributed by atoms with Crippen molar-refractivity contribution >= 4 is 39.4 Å². The van der Waals surface area contributed by atoms with E-state index < -0.39 is 38.6 Å². The van der Waals surface area contributed by atoms with E-state index in [1.165, 1.54) is 38.6 Å². The molecule has 1 unspecified atom stereocenters. The molecule has 0 N–H and O–H groups in total. The molecule has 4 saturated heterocycles. The first-order valence-corrected chi connectivity index (χ1v) is 11.9. The van der Waals surface area contributed by atoms with E-state index >= 15 is 0 Å². The van der Waals surface area contributed by atoms with Crippen molar-refractivity contribution < 1.29 is 23.5 Å². The number of hydrogen-bond donors (Lipinski definition) is 0. The highest BCUT2D eigenvalue weighted by molar-refractivity contribution is 8.78. The van der Waals surface area contributed by atoms with Gasteiger partial charge in [-0.1, -0.05) is 33.7 Å². The summed E-state index contributed by atoms with van der Waals surface area (Å²) in [5.74, 6) is -1.32. The highest BCUT2D eigenvalue weighted by atomic mass is 33.1. The molecule has 4 heterocycles. The van der Waals surface area contributed by atoms with Crippen molar-refractivity contribution in [1.29, 1.82) is 0 Å². The van der Waals surface area contributed by atoms with Crippen LogP contribution in [0.15, 0.2) is 24.3 Å². The number of esters is 1. The van der Waals surface area contributed by atoms with Crippen molar-refractivity contribution in [2.75, 3.05) is 7.05 Å². The SMILES string of the molecule is CN1C(=O)[C@@]23C[C@](C)(C(=O)OC(C)(C)C)C(c4ccc(F)cc4)N2C(=O)[C@]1(C)SS3. The normalized spacial score (nSPS) is 35.6. The molecule has 9 heteroatoms. The van der Waals surface area contributed by atoms with Crippen LogP contribution >= 0.6 is 21.6 Å². The van der Waals surface area contributed by atoms with Crippen LogP contribution in [0.25, 0.3) is 0 Å². The van der Waals surface area contributed by atoms with Gasteiger partial charge in [-0.15, -0.1) is 0 Å². The van der Waals surface area contributed by atoms with Crippen LogP contribution in [0, 0.1) is 11.2 Å². The van der Waals surface area contributed by atoms with E-state index in [9.17, 15) is 18.8 Å². The lowest BCUT2D eigenvalue weighted by atomic mass is 9.78. The molecule has 5 rings (SSSR count). The Bertz CT molecular complexity index is 949. The smallest absolute Gasteiger partial charge is 0.314 e. The number of fused-ring (bicyclic) bond motifs is 2. The van der Waals surface area contributed by atoms with E-state index in [2.05, 4.69) is 0 Å². The molecule has 4 fully saturated rings. The fourth-order valence-corrected chi connectivity index (χ4v) is 8.12. The molecule has 0 radical (unpaired) electrons. The van der Waals surface area contributed by atoms with E-state index in [-0.39, 0.29) is 18.2 Å². The maximum atomic E-state index is 13.7. The van der Waals surface area contributed by atoms with Crippen LogP contribution in [-0.4, -0.2) is 50.0 Å². The molecule has 2 amide bonds. The van der Waals surface area contributed by atoms with E-state index in [1.54, 1.807) is 58.7 Å². The van der Waals surface area contributed by atoms with Crippen LogP contribution in [0.4, 0.5) is 4.39 Å². The van der Waals surface area contributed by atoms with Crippen molar-refractivity contribution in [2.24, 2.45) is 5.41 Å². The number of carbonyl (C=O) groups is 3. The van der Waals surface area contributed by atoms with E-state index in [0.29, 0.717) is 5.56 Å². The van der Waals surface area contributed by atoms with Gasteiger partial charge < -0.3 is 14.5 Å². The molecule has 0 aliphatic carbocycles. The predicted octanol–water partition coefficient (Wildman–Crippen LogP) is 3.73. The average Bonchev–Trinajstić information content (AvgIpc) is 2.93. The van der Waals surface area contributed by atoms with E-state index in [4.69, 9.17) is 4.74 Å². The quantitative estimate of drug-likeness (QED) is 0.503. The second-order valence-corrected chi connectivity index (χ2v) is 12.3. The Hall–Kier alpha value is -1.74. The Labute approximate surface area is 183 Å². The van der Waals surface area contributed by atoms with Gasteiger partial charge in [0, 0.05) is 13.5 Å². The minimum atomic E-state index is -1.21. The Morgan fingerprint density at radius 2 is 1.73 bits per heavy atom. The summed E-state index contributed by atoms with van der Waals surface area (Å²) in [5, 5.41) is 0. The number of nitrogens with zero attached hydrogens (tertiary/aromatic N) is 2. The van der Waals surface area contributed by atoms with Crippen LogP contribution in [-0.2, 0) is 19.1 Å². The van der Waals surface area contributed by atoms with E-state index in [1.807, 2.05) is 0 Å². The fourth-order valence-electron chi connectivity index (χ4n) is 4.54. The summed E-state index contributed by atoms with van der Waals surface area (Å²) in [7, 11) is 4.31. The standard InChI is InChI=1S/C21H25FN2O4S2/c1-18(2,3)28-17(27)19(4)11-21-16(26)23(6)20(5,29-30-21)15(25)24(21)14(19)12-7-9-13(22)10-8-12/h7-10,14H,11H2,1-6H3/t14?,19-,20-,21-/m0/s1. The Morgan fingerprint density at radius 1 is 1.13 bits per heavy atom. The third kappa shape index (κ3) is 2.74. The highest BCUT2D eigenvalue weighted by Gasteiger charge is 2.76. The third-order valence-electron chi connectivity index (χ3n) is 6.14. The van der Waals surface area contributed by atoms with Gasteiger partial charge in [0.05, 0.1) is 11.5 Å². The van der Waals surface area contributed by atoms with Gasteiger partial charge in [-0.05, 0) is 52.3 Å². The second-order valence-electron chi connectivity index (χ2n) is 9.52. The zero-order valence-corrected chi connectivity index (χ0v) is 19.4. The third-order valence-corrected chi connectivity index (χ3v) is 9.84. The monoisotopic (exact) mass is 452 g/mol. The minimum Gasteiger partial charge on any atom is -0.459 e. The summed E-state index contributed by atoms with van der Waals surface area (Å²) in [5.41, 5.74) is -1.31. The first kappa shape index (κ1) is 21.5. The van der Waals surface area contributed by atoms with Gasteiger partial charge in [-0.3, -0.25) is 14.4 Å². The number of amides is 2. The summed E-state index contributed by atoms with van der Waals surface area (Å²) in [6.07, 6.45) is 0.125. The zero-order chi connectivity index (χ0) is 22.3. The molecule has 0 aromatic heterocycles. The van der Waals surface area contributed by atoms with Crippen molar-refractivity contribution in [3.63, 3.8) is 0 Å². The van der Waals surface area contributed by atoms with Gasteiger partial charge in [0.1, 0.15) is 11.4 Å². The number of piperazine rings is 1. The van der Waals surface area contributed by atoms with Crippen LogP contribution in [0.2, 0.25) is 0 Å². The summed E-state index contributed by atoms with van der Waals surface area (Å²) < 4.78 is 19.4. The summed E-state index contributed by atoms with van der Waals surface area (Å²) in [6.45, 7) is 8.80. The first-order valence-electron chi connectivity index (χ1n) is 9.74. The van der Waals surface area contributed by atoms with Crippen molar-refractivity contribution in [3.8, 4) is 0 Å². The van der Waals surface area contributed by atoms with Gasteiger partial charge in [0.15, 0.2) is 9.74 Å². The maximum absolute atomic E-state index is 13.7. The molecule has 162 valence electrons. The van der Waals surface area contributed by atoms with Gasteiger partial charge in [-0.2, -0.15) is 0 Å². The lowest BCUT2D eigenvalue weighted by Crippen LogP contribution is -2.73. The number of carbonyl (C=O) groups excluding carboxylic acids is 3. The average molecular weight is 453 g/mol. The topological polar surface area (TPSA) is 66.9 Å². The molecule has 30 heavy (non-hydrogen) atoms. The maximum Gasteiger partial charge on any atom is 0.314 e. The van der Waals surface area contributed by atoms with Gasteiger partial charge in [0.25, 0.3) is 11.8 Å². The molecule has 6 nitrogen and oxygen atoms in total. The molecular formula is C21H25FN2O4S2. The van der Waals surface area contributed by atoms with Crippen LogP contribution in [0.5, 0.6) is 0 Å². The van der Waals surface area contributed by atoms with Crippen LogP contribution in [0.1, 0.15) is 52.6 Å². The van der Waals surface area contributed by atoms with Crippen molar-refractivity contribution in [1.82, 2.24) is 9.80 Å². The van der Waals surface area contributed by atoms with Gasteiger partial charge in [-0.25, -0.2) is 4.39 Å². The minimum absolute atomic E-state index is 0.125. The van der Waals surface area contributed by atoms with E-state index in [0.717, 1.165) is 0 Å². The molecule has 0 saturated carbocycles. The zero-order valence-electron chi connectivity index (χ0n) is 17.8. The van der Waals surface area contributed by atoms with Gasteiger partial charge >= 0.3 is 5.97 Å². The molecule has 1 aromatic rings. The number of halogens is 1. The van der Waals surface area contributed by atoms with Crippen molar-refractivity contribution in [2.45, 2.75) is 62.4 Å². The molecular weight excluding hydrogens is 427 g/mol. The first-order chi connectivity index (χ1) is 13.8. The summed E-state index contributed by atoms with van der Waals surface area (Å²) in [4.78, 5) is 41.3. The molecule has 4 atom stereocenters. The second kappa shape index (κ2) is 6.38. The Balaban J connectivity index is 1.91. The van der Waals surface area contributed by atoms with Crippen LogP contribution in [0.3, 0.4) is 0 Å². The van der Waals surface area contributed by atoms with Crippen molar-refractivity contribution in [3.05, 3.63) is 35.6 Å². The fraction of sp³-hybridized carbons (Fsp3) is 0.571. The Morgan fingerprint density at radius 3 is 2.30 bits per heavy atom. The van der Waals surface area contributed by atoms with Crippen LogP contribution < -0.4 is 0 Å². The molecule has 2 bridgehead atoms. The number of hydrogen-bond acceptors (Lipinski definition) is 6. The number of likely N-dealkylation sites (N-methyl/N-ethyl adjacent to an activating group) is 1. The summed E-state index contributed by atoms with van der Waals surface area (Å²) >= 11 is 0. The lowest BCUT2D eigenvalue weighted by molar-refractivity contribution is -0.170. The number of rotatable bonds is 2. The largest absolute Gasteiger partial charge is 0.459 e. The molecule has 4 aliphatic heterocycles. The molecule has 1 aromatic carbocycles. The molecule has 1 spiro atoms. The number of benzene rings is 1.